The zero-order chi connectivity index (χ0) is 20.8. The summed E-state index contributed by atoms with van der Waals surface area (Å²) in [6.07, 6.45) is 0. The largest absolute Gasteiger partial charge is 0.492 e. The van der Waals surface area contributed by atoms with Crippen molar-refractivity contribution in [3.8, 4) is 17.2 Å². The molecule has 0 bridgehead atoms. The zero-order valence-corrected chi connectivity index (χ0v) is 16.9. The molecule has 3 aromatic carbocycles. The number of para-hydroxylation sites is 1. The highest BCUT2D eigenvalue weighted by Crippen LogP contribution is 2.32. The minimum Gasteiger partial charge on any atom is -0.492 e. The van der Waals surface area contributed by atoms with E-state index >= 15 is 0 Å². The van der Waals surface area contributed by atoms with Gasteiger partial charge in [-0.1, -0.05) is 54.6 Å². The molecule has 30 heavy (non-hydrogen) atoms. The third-order valence-corrected chi connectivity index (χ3v) is 6.00. The van der Waals surface area contributed by atoms with Gasteiger partial charge in [0.2, 0.25) is 26.6 Å². The number of oxazole rings is 1. The Bertz CT molecular complexity index is 1190. The molecule has 0 amide bonds. The molecule has 4 rings (SSSR count). The Morgan fingerprint density at radius 1 is 0.833 bits per heavy atom. The molecule has 0 saturated carbocycles. The summed E-state index contributed by atoms with van der Waals surface area (Å²) in [6.45, 7) is 0.672. The SMILES string of the molecule is O=S(=O)(c1ccccc1)c1nc(-c2ccccc2)oc1NCCOc1ccccc1. The average Bonchev–Trinajstić information content (AvgIpc) is 3.24. The van der Waals surface area contributed by atoms with Crippen molar-refractivity contribution in [3.05, 3.63) is 91.0 Å². The topological polar surface area (TPSA) is 81.4 Å². The molecule has 0 aliphatic heterocycles. The molecule has 0 fully saturated rings. The van der Waals surface area contributed by atoms with E-state index in [9.17, 15) is 8.42 Å². The van der Waals surface area contributed by atoms with Crippen LogP contribution in [0.2, 0.25) is 0 Å². The first kappa shape index (κ1) is 19.7. The molecule has 1 heterocycles. The van der Waals surface area contributed by atoms with Gasteiger partial charge in [0.05, 0.1) is 11.4 Å². The quantitative estimate of drug-likeness (QED) is 0.417. The van der Waals surface area contributed by atoms with E-state index in [2.05, 4.69) is 10.3 Å². The number of benzene rings is 3. The second-order valence-corrected chi connectivity index (χ2v) is 8.29. The molecular weight excluding hydrogens is 400 g/mol. The molecule has 0 aliphatic carbocycles. The Hall–Kier alpha value is -3.58. The van der Waals surface area contributed by atoms with Crippen molar-refractivity contribution in [2.24, 2.45) is 0 Å². The minimum absolute atomic E-state index is 0.0920. The Balaban J connectivity index is 1.60. The van der Waals surface area contributed by atoms with E-state index in [0.29, 0.717) is 18.7 Å². The summed E-state index contributed by atoms with van der Waals surface area (Å²) < 4.78 is 37.8. The summed E-state index contributed by atoms with van der Waals surface area (Å²) >= 11 is 0. The Morgan fingerprint density at radius 3 is 2.10 bits per heavy atom. The Morgan fingerprint density at radius 2 is 1.43 bits per heavy atom. The number of rotatable bonds is 8. The van der Waals surface area contributed by atoms with Crippen molar-refractivity contribution in [2.45, 2.75) is 9.92 Å². The standard InChI is InChI=1S/C23H20N2O4S/c26-30(27,20-14-8-3-9-15-20)23-22(24-16-17-28-19-12-6-2-7-13-19)29-21(25-23)18-10-4-1-5-11-18/h1-15,24H,16-17H2. The van der Waals surface area contributed by atoms with Gasteiger partial charge in [-0.05, 0) is 36.4 Å². The lowest BCUT2D eigenvalue weighted by Gasteiger charge is -2.08. The van der Waals surface area contributed by atoms with Crippen LogP contribution in [0.25, 0.3) is 11.5 Å². The fourth-order valence-corrected chi connectivity index (χ4v) is 4.17. The number of sulfone groups is 1. The number of aromatic nitrogens is 1. The first-order valence-corrected chi connectivity index (χ1v) is 10.9. The second kappa shape index (κ2) is 8.84. The number of nitrogens with one attached hydrogen (secondary N) is 1. The molecule has 4 aromatic rings. The van der Waals surface area contributed by atoms with Gasteiger partial charge >= 0.3 is 0 Å². The summed E-state index contributed by atoms with van der Waals surface area (Å²) in [4.78, 5) is 4.46. The van der Waals surface area contributed by atoms with Crippen LogP contribution in [0.3, 0.4) is 0 Å². The lowest BCUT2D eigenvalue weighted by Crippen LogP contribution is -2.13. The van der Waals surface area contributed by atoms with Gasteiger partial charge in [-0.2, -0.15) is 4.98 Å². The Kier molecular flexibility index (Phi) is 5.81. The van der Waals surface area contributed by atoms with Crippen molar-refractivity contribution in [2.75, 3.05) is 18.5 Å². The summed E-state index contributed by atoms with van der Waals surface area (Å²) in [5.41, 5.74) is 0.690. The molecule has 7 heteroatoms. The van der Waals surface area contributed by atoms with Crippen molar-refractivity contribution < 1.29 is 17.6 Å². The third-order valence-electron chi connectivity index (χ3n) is 4.32. The maximum absolute atomic E-state index is 13.2. The van der Waals surface area contributed by atoms with E-state index in [1.807, 2.05) is 60.7 Å². The predicted molar refractivity (Wildman–Crippen MR) is 114 cm³/mol. The van der Waals surface area contributed by atoms with Crippen LogP contribution in [0.1, 0.15) is 0 Å². The first-order chi connectivity index (χ1) is 14.6. The highest BCUT2D eigenvalue weighted by molar-refractivity contribution is 7.91. The van der Waals surface area contributed by atoms with Gasteiger partial charge in [0.15, 0.2) is 0 Å². The van der Waals surface area contributed by atoms with E-state index < -0.39 is 9.84 Å². The van der Waals surface area contributed by atoms with Crippen molar-refractivity contribution in [3.63, 3.8) is 0 Å². The molecular formula is C23H20N2O4S. The van der Waals surface area contributed by atoms with Crippen molar-refractivity contribution >= 4 is 15.7 Å². The molecule has 0 spiro atoms. The van der Waals surface area contributed by atoms with Gasteiger partial charge in [-0.25, -0.2) is 8.42 Å². The van der Waals surface area contributed by atoms with Gasteiger partial charge in [0, 0.05) is 5.56 Å². The first-order valence-electron chi connectivity index (χ1n) is 9.43. The molecule has 0 atom stereocenters. The summed E-state index contributed by atoms with van der Waals surface area (Å²) in [7, 11) is -3.85. The van der Waals surface area contributed by atoms with Crippen LogP contribution in [0, 0.1) is 0 Å². The normalized spacial score (nSPS) is 11.2. The van der Waals surface area contributed by atoms with Crippen LogP contribution < -0.4 is 10.1 Å². The molecule has 0 saturated heterocycles. The summed E-state index contributed by atoms with van der Waals surface area (Å²) in [5, 5.41) is 2.87. The van der Waals surface area contributed by atoms with Crippen LogP contribution in [0.5, 0.6) is 5.75 Å². The molecule has 0 aliphatic rings. The van der Waals surface area contributed by atoms with Crippen molar-refractivity contribution in [1.82, 2.24) is 4.98 Å². The Labute approximate surface area is 175 Å². The lowest BCUT2D eigenvalue weighted by atomic mass is 10.2. The zero-order valence-electron chi connectivity index (χ0n) is 16.1. The van der Waals surface area contributed by atoms with E-state index in [1.165, 1.54) is 12.1 Å². The molecule has 0 unspecified atom stereocenters. The fraction of sp³-hybridized carbons (Fsp3) is 0.0870. The predicted octanol–water partition coefficient (Wildman–Crippen LogP) is 4.67. The van der Waals surface area contributed by atoms with Gasteiger partial charge in [0.1, 0.15) is 12.4 Å². The fourth-order valence-electron chi connectivity index (χ4n) is 2.87. The van der Waals surface area contributed by atoms with Gasteiger partial charge in [-0.3, -0.25) is 0 Å². The molecule has 1 aromatic heterocycles. The average molecular weight is 420 g/mol. The van der Waals surface area contributed by atoms with Gasteiger partial charge < -0.3 is 14.5 Å². The molecule has 152 valence electrons. The minimum atomic E-state index is -3.85. The summed E-state index contributed by atoms with van der Waals surface area (Å²) in [5.74, 6) is 1.06. The monoisotopic (exact) mass is 420 g/mol. The van der Waals surface area contributed by atoms with E-state index in [4.69, 9.17) is 9.15 Å². The van der Waals surface area contributed by atoms with E-state index in [0.717, 1.165) is 5.75 Å². The number of anilines is 1. The highest BCUT2D eigenvalue weighted by Gasteiger charge is 2.28. The van der Waals surface area contributed by atoms with E-state index in [-0.39, 0.29) is 21.7 Å². The summed E-state index contributed by atoms with van der Waals surface area (Å²) in [6, 6.07) is 26.7. The van der Waals surface area contributed by atoms with Crippen LogP contribution in [-0.2, 0) is 9.84 Å². The second-order valence-electron chi connectivity index (χ2n) is 6.42. The van der Waals surface area contributed by atoms with Crippen LogP contribution in [0.4, 0.5) is 5.88 Å². The number of hydrogen-bond donors (Lipinski definition) is 1. The maximum atomic E-state index is 13.2. The third kappa shape index (κ3) is 4.36. The number of hydrogen-bond acceptors (Lipinski definition) is 6. The maximum Gasteiger partial charge on any atom is 0.234 e. The number of nitrogens with zero attached hydrogens (tertiary/aromatic N) is 1. The highest BCUT2D eigenvalue weighted by atomic mass is 32.2. The smallest absolute Gasteiger partial charge is 0.234 e. The molecule has 0 radical (unpaired) electrons. The van der Waals surface area contributed by atoms with Crippen molar-refractivity contribution in [1.29, 1.82) is 0 Å². The van der Waals surface area contributed by atoms with Gasteiger partial charge in [0.25, 0.3) is 0 Å². The van der Waals surface area contributed by atoms with Gasteiger partial charge in [-0.15, -0.1) is 0 Å². The molecule has 6 nitrogen and oxygen atoms in total. The molecule has 1 N–H and O–H groups in total. The van der Waals surface area contributed by atoms with E-state index in [1.54, 1.807) is 18.2 Å². The number of ether oxygens (including phenoxy) is 1. The van der Waals surface area contributed by atoms with Crippen LogP contribution >= 0.6 is 0 Å². The van der Waals surface area contributed by atoms with Crippen LogP contribution in [0.15, 0.2) is 105 Å². The lowest BCUT2D eigenvalue weighted by molar-refractivity contribution is 0.331. The van der Waals surface area contributed by atoms with Crippen LogP contribution in [-0.4, -0.2) is 26.6 Å².